The minimum Gasteiger partial charge on any atom is -0.341 e. The second kappa shape index (κ2) is 7.27. The fourth-order valence-corrected chi connectivity index (χ4v) is 3.11. The van der Waals surface area contributed by atoms with Gasteiger partial charge < -0.3 is 20.6 Å². The molecule has 0 aliphatic heterocycles. The van der Waals surface area contributed by atoms with Gasteiger partial charge in [-0.05, 0) is 49.2 Å². The van der Waals surface area contributed by atoms with Crippen molar-refractivity contribution in [1.82, 2.24) is 30.6 Å². The number of aromatic amines is 2. The Hall–Kier alpha value is -2.70. The van der Waals surface area contributed by atoms with E-state index in [2.05, 4.69) is 80.8 Å². The van der Waals surface area contributed by atoms with Gasteiger partial charge in [0.2, 0.25) is 0 Å². The molecule has 0 saturated carbocycles. The number of hydrogen-bond donors (Lipinski definition) is 4. The molecule has 2 aromatic heterocycles. The molecule has 2 aromatic carbocycles. The van der Waals surface area contributed by atoms with E-state index in [0.717, 1.165) is 59.9 Å². The standard InChI is InChI=1S/C20H24N6/c1-13-3-5-15-17(9-13)25-19(23-15)11-21-7-8-22-12-20-24-16-6-4-14(2)10-18(16)26-20/h3-6,9-10,21-22H,7-8,11-12H2,1-2H3,(H,23,25)(H,24,26). The minimum atomic E-state index is 0.735. The topological polar surface area (TPSA) is 81.4 Å². The lowest BCUT2D eigenvalue weighted by atomic mass is 10.2. The summed E-state index contributed by atoms with van der Waals surface area (Å²) in [6, 6.07) is 12.5. The van der Waals surface area contributed by atoms with Gasteiger partial charge in [-0.25, -0.2) is 9.97 Å². The highest BCUT2D eigenvalue weighted by Gasteiger charge is 2.04. The van der Waals surface area contributed by atoms with Crippen LogP contribution in [0.25, 0.3) is 22.1 Å². The zero-order valence-corrected chi connectivity index (χ0v) is 15.2. The van der Waals surface area contributed by atoms with Crippen molar-refractivity contribution in [3.05, 3.63) is 59.2 Å². The van der Waals surface area contributed by atoms with Crippen molar-refractivity contribution in [2.24, 2.45) is 0 Å². The summed E-state index contributed by atoms with van der Waals surface area (Å²) in [4.78, 5) is 15.9. The van der Waals surface area contributed by atoms with E-state index in [1.807, 2.05) is 0 Å². The maximum absolute atomic E-state index is 4.60. The average Bonchev–Trinajstić information content (AvgIpc) is 3.20. The van der Waals surface area contributed by atoms with Crippen LogP contribution in [0.3, 0.4) is 0 Å². The first-order valence-corrected chi connectivity index (χ1v) is 8.99. The highest BCUT2D eigenvalue weighted by molar-refractivity contribution is 5.76. The molecule has 0 aliphatic rings. The SMILES string of the molecule is Cc1ccc2nc(CNCCNCc3nc4ccc(C)cc4[nH]3)[nH]c2c1. The van der Waals surface area contributed by atoms with Crippen molar-refractivity contribution >= 4 is 22.1 Å². The third-order valence-corrected chi connectivity index (χ3v) is 4.44. The van der Waals surface area contributed by atoms with Crippen LogP contribution in [0.4, 0.5) is 0 Å². The molecule has 0 atom stereocenters. The van der Waals surface area contributed by atoms with Gasteiger partial charge in [0.25, 0.3) is 0 Å². The van der Waals surface area contributed by atoms with Gasteiger partial charge >= 0.3 is 0 Å². The Labute approximate surface area is 152 Å². The van der Waals surface area contributed by atoms with Crippen LogP contribution in [0, 0.1) is 13.8 Å². The Bertz CT molecular complexity index is 945. The molecule has 0 fully saturated rings. The summed E-state index contributed by atoms with van der Waals surface area (Å²) in [6.07, 6.45) is 0. The lowest BCUT2D eigenvalue weighted by Crippen LogP contribution is -2.27. The van der Waals surface area contributed by atoms with Gasteiger partial charge in [-0.3, -0.25) is 0 Å². The van der Waals surface area contributed by atoms with E-state index in [4.69, 9.17) is 0 Å². The Morgan fingerprint density at radius 2 is 1.19 bits per heavy atom. The van der Waals surface area contributed by atoms with Crippen LogP contribution >= 0.6 is 0 Å². The van der Waals surface area contributed by atoms with E-state index < -0.39 is 0 Å². The first kappa shape index (κ1) is 16.8. The Morgan fingerprint density at radius 1 is 0.731 bits per heavy atom. The molecule has 4 rings (SSSR count). The second-order valence-corrected chi connectivity index (χ2v) is 6.76. The van der Waals surface area contributed by atoms with Gasteiger partial charge in [0.05, 0.1) is 35.2 Å². The molecule has 0 bridgehead atoms. The molecule has 6 nitrogen and oxygen atoms in total. The van der Waals surface area contributed by atoms with Crippen LogP contribution in [-0.2, 0) is 13.1 Å². The smallest absolute Gasteiger partial charge is 0.121 e. The molecule has 0 unspecified atom stereocenters. The van der Waals surface area contributed by atoms with E-state index in [1.165, 1.54) is 11.1 Å². The van der Waals surface area contributed by atoms with Gasteiger partial charge in [-0.15, -0.1) is 0 Å². The molecule has 4 aromatic rings. The molecule has 4 N–H and O–H groups in total. The van der Waals surface area contributed by atoms with Crippen molar-refractivity contribution in [2.75, 3.05) is 13.1 Å². The van der Waals surface area contributed by atoms with Gasteiger partial charge in [0.15, 0.2) is 0 Å². The predicted molar refractivity (Wildman–Crippen MR) is 105 cm³/mol. The van der Waals surface area contributed by atoms with Gasteiger partial charge in [0.1, 0.15) is 11.6 Å². The zero-order chi connectivity index (χ0) is 17.9. The summed E-state index contributed by atoms with van der Waals surface area (Å²) in [5.74, 6) is 1.94. The van der Waals surface area contributed by atoms with E-state index in [0.29, 0.717) is 0 Å². The second-order valence-electron chi connectivity index (χ2n) is 6.76. The summed E-state index contributed by atoms with van der Waals surface area (Å²) < 4.78 is 0. The normalized spacial score (nSPS) is 11.6. The van der Waals surface area contributed by atoms with Crippen molar-refractivity contribution in [3.8, 4) is 0 Å². The first-order chi connectivity index (χ1) is 12.7. The average molecular weight is 348 g/mol. The Kier molecular flexibility index (Phi) is 4.69. The molecule has 0 saturated heterocycles. The van der Waals surface area contributed by atoms with E-state index >= 15 is 0 Å². The van der Waals surface area contributed by atoms with Crippen molar-refractivity contribution in [2.45, 2.75) is 26.9 Å². The summed E-state index contributed by atoms with van der Waals surface area (Å²) in [7, 11) is 0. The number of fused-ring (bicyclic) bond motifs is 2. The largest absolute Gasteiger partial charge is 0.341 e. The fraction of sp³-hybridized carbons (Fsp3) is 0.300. The maximum Gasteiger partial charge on any atom is 0.121 e. The van der Waals surface area contributed by atoms with Crippen LogP contribution in [0.5, 0.6) is 0 Å². The zero-order valence-electron chi connectivity index (χ0n) is 15.2. The lowest BCUT2D eigenvalue weighted by Gasteiger charge is -2.04. The molecule has 2 heterocycles. The number of hydrogen-bond acceptors (Lipinski definition) is 4. The number of H-pyrrole nitrogens is 2. The van der Waals surface area contributed by atoms with Crippen LogP contribution in [0.1, 0.15) is 22.8 Å². The van der Waals surface area contributed by atoms with Gasteiger partial charge in [0, 0.05) is 13.1 Å². The van der Waals surface area contributed by atoms with E-state index in [1.54, 1.807) is 0 Å². The van der Waals surface area contributed by atoms with Crippen LogP contribution in [0.15, 0.2) is 36.4 Å². The molecule has 6 heteroatoms. The minimum absolute atomic E-state index is 0.735. The number of rotatable bonds is 7. The number of aromatic nitrogens is 4. The highest BCUT2D eigenvalue weighted by atomic mass is 15.0. The van der Waals surface area contributed by atoms with Crippen LogP contribution in [-0.4, -0.2) is 33.0 Å². The summed E-state index contributed by atoms with van der Waals surface area (Å²) in [6.45, 7) is 7.39. The third-order valence-electron chi connectivity index (χ3n) is 4.44. The quantitative estimate of drug-likeness (QED) is 0.387. The third kappa shape index (κ3) is 3.76. The summed E-state index contributed by atoms with van der Waals surface area (Å²) in [5.41, 5.74) is 6.72. The first-order valence-electron chi connectivity index (χ1n) is 8.99. The number of imidazole rings is 2. The van der Waals surface area contributed by atoms with Gasteiger partial charge in [-0.2, -0.15) is 0 Å². The highest BCUT2D eigenvalue weighted by Crippen LogP contribution is 2.14. The molecule has 0 spiro atoms. The number of nitrogens with zero attached hydrogens (tertiary/aromatic N) is 2. The van der Waals surface area contributed by atoms with Gasteiger partial charge in [-0.1, -0.05) is 12.1 Å². The Morgan fingerprint density at radius 3 is 1.65 bits per heavy atom. The van der Waals surface area contributed by atoms with E-state index in [9.17, 15) is 0 Å². The molecule has 134 valence electrons. The molecule has 0 aliphatic carbocycles. The lowest BCUT2D eigenvalue weighted by molar-refractivity contribution is 0.594. The molecule has 0 amide bonds. The molecule has 0 radical (unpaired) electrons. The van der Waals surface area contributed by atoms with Crippen molar-refractivity contribution in [1.29, 1.82) is 0 Å². The van der Waals surface area contributed by atoms with Crippen LogP contribution in [0.2, 0.25) is 0 Å². The van der Waals surface area contributed by atoms with Crippen molar-refractivity contribution < 1.29 is 0 Å². The molecule has 26 heavy (non-hydrogen) atoms. The maximum atomic E-state index is 4.60. The number of nitrogens with one attached hydrogen (secondary N) is 4. The number of aryl methyl sites for hydroxylation is 2. The molecular weight excluding hydrogens is 324 g/mol. The molecular formula is C20H24N6. The van der Waals surface area contributed by atoms with Crippen molar-refractivity contribution in [3.63, 3.8) is 0 Å². The van der Waals surface area contributed by atoms with Crippen LogP contribution < -0.4 is 10.6 Å². The fourth-order valence-electron chi connectivity index (χ4n) is 3.11. The predicted octanol–water partition coefficient (Wildman–Crippen LogP) is 2.94. The monoisotopic (exact) mass is 348 g/mol. The number of benzene rings is 2. The summed E-state index contributed by atoms with van der Waals surface area (Å²) in [5, 5.41) is 6.82. The van der Waals surface area contributed by atoms with E-state index in [-0.39, 0.29) is 0 Å². The Balaban J connectivity index is 1.22. The summed E-state index contributed by atoms with van der Waals surface area (Å²) >= 11 is 0.